The Morgan fingerprint density at radius 2 is 2.12 bits per heavy atom. The molecule has 25 heavy (non-hydrogen) atoms. The van der Waals surface area contributed by atoms with Crippen molar-refractivity contribution in [1.82, 2.24) is 19.9 Å². The summed E-state index contributed by atoms with van der Waals surface area (Å²) < 4.78 is 6.10. The van der Waals surface area contributed by atoms with Crippen molar-refractivity contribution in [3.63, 3.8) is 0 Å². The number of nitrogens with zero attached hydrogens (tertiary/aromatic N) is 3. The van der Waals surface area contributed by atoms with Gasteiger partial charge in [-0.2, -0.15) is 0 Å². The third kappa shape index (κ3) is 2.83. The molecule has 126 valence electrons. The van der Waals surface area contributed by atoms with E-state index in [9.17, 15) is 4.79 Å². The summed E-state index contributed by atoms with van der Waals surface area (Å²) in [4.78, 5) is 26.8. The van der Waals surface area contributed by atoms with Crippen molar-refractivity contribution in [2.24, 2.45) is 5.73 Å². The maximum atomic E-state index is 11.6. The van der Waals surface area contributed by atoms with Gasteiger partial charge in [-0.1, -0.05) is 0 Å². The zero-order valence-electron chi connectivity index (χ0n) is 13.3. The second-order valence-electron chi connectivity index (χ2n) is 5.83. The lowest BCUT2D eigenvalue weighted by atomic mass is 10.1. The van der Waals surface area contributed by atoms with E-state index < -0.39 is 5.56 Å². The Balaban J connectivity index is 1.82. The number of fused-ring (bicyclic) bond motifs is 2. The lowest BCUT2D eigenvalue weighted by Gasteiger charge is -2.13. The quantitative estimate of drug-likeness (QED) is 0.635. The van der Waals surface area contributed by atoms with Gasteiger partial charge in [0.2, 0.25) is 0 Å². The van der Waals surface area contributed by atoms with Crippen molar-refractivity contribution in [2.45, 2.75) is 18.9 Å². The number of nitrogens with one attached hydrogen (secondary N) is 1. The Morgan fingerprint density at radius 1 is 1.24 bits per heavy atom. The summed E-state index contributed by atoms with van der Waals surface area (Å²) >= 11 is 0. The molecule has 0 aliphatic heterocycles. The van der Waals surface area contributed by atoms with Crippen LogP contribution in [0.2, 0.25) is 0 Å². The Kier molecular flexibility index (Phi) is 3.66. The number of anilines is 1. The molecule has 8 nitrogen and oxygen atoms in total. The molecule has 5 N–H and O–H groups in total. The predicted octanol–water partition coefficient (Wildman–Crippen LogP) is 0.989. The molecule has 8 heteroatoms. The fourth-order valence-corrected chi connectivity index (χ4v) is 2.80. The van der Waals surface area contributed by atoms with Crippen LogP contribution < -0.4 is 21.8 Å². The van der Waals surface area contributed by atoms with E-state index in [1.807, 2.05) is 18.2 Å². The van der Waals surface area contributed by atoms with Crippen LogP contribution in [0.15, 0.2) is 41.5 Å². The number of rotatable bonds is 2. The van der Waals surface area contributed by atoms with Gasteiger partial charge in [-0.05, 0) is 24.6 Å². The summed E-state index contributed by atoms with van der Waals surface area (Å²) in [5.41, 5.74) is 13.7. The van der Waals surface area contributed by atoms with Gasteiger partial charge in [0.25, 0.3) is 5.56 Å². The van der Waals surface area contributed by atoms with Crippen LogP contribution in [-0.2, 0) is 6.42 Å². The smallest absolute Gasteiger partial charge is 0.292 e. The van der Waals surface area contributed by atoms with Gasteiger partial charge in [-0.3, -0.25) is 9.78 Å². The zero-order valence-corrected chi connectivity index (χ0v) is 13.3. The van der Waals surface area contributed by atoms with Crippen molar-refractivity contribution in [1.29, 1.82) is 0 Å². The van der Waals surface area contributed by atoms with Gasteiger partial charge >= 0.3 is 0 Å². The fraction of sp³-hybridized carbons (Fsp3) is 0.176. The number of ether oxygens (including phenoxy) is 1. The summed E-state index contributed by atoms with van der Waals surface area (Å²) in [6.45, 7) is 0. The van der Waals surface area contributed by atoms with E-state index in [0.717, 1.165) is 11.3 Å². The standard InChI is InChI=1S/C17H16N6O2/c18-9-3-4-12(10-2-1-6-20-11(10)8-9)25-13-5-7-21-16-14(13)22-15(19)17(24)23-16/h1-2,4-7,9H,3,8,18H2,(H2,19,22)(H,21,23,24). The number of hydrogen-bond acceptors (Lipinski definition) is 7. The summed E-state index contributed by atoms with van der Waals surface area (Å²) in [5.74, 6) is 0.962. The number of hydrogen-bond donors (Lipinski definition) is 3. The molecule has 3 aromatic rings. The first-order chi connectivity index (χ1) is 12.1. The number of nitrogen functional groups attached to an aromatic ring is 1. The van der Waals surface area contributed by atoms with Crippen molar-refractivity contribution in [3.8, 4) is 5.75 Å². The molecule has 1 aliphatic rings. The highest BCUT2D eigenvalue weighted by atomic mass is 16.5. The molecule has 1 aliphatic carbocycles. The highest BCUT2D eigenvalue weighted by Gasteiger charge is 2.19. The molecule has 0 bridgehead atoms. The molecule has 0 radical (unpaired) electrons. The lowest BCUT2D eigenvalue weighted by molar-refractivity contribution is 0.516. The minimum atomic E-state index is -0.480. The molecule has 3 aromatic heterocycles. The van der Waals surface area contributed by atoms with E-state index in [1.54, 1.807) is 18.5 Å². The van der Waals surface area contributed by atoms with Gasteiger partial charge in [-0.15, -0.1) is 0 Å². The number of H-pyrrole nitrogens is 1. The number of aromatic amines is 1. The highest BCUT2D eigenvalue weighted by Crippen LogP contribution is 2.29. The predicted molar refractivity (Wildman–Crippen MR) is 93.7 cm³/mol. The lowest BCUT2D eigenvalue weighted by Crippen LogP contribution is -2.21. The summed E-state index contributed by atoms with van der Waals surface area (Å²) in [5, 5.41) is 0. The molecule has 1 unspecified atom stereocenters. The van der Waals surface area contributed by atoms with Crippen molar-refractivity contribution in [3.05, 3.63) is 58.3 Å². The summed E-state index contributed by atoms with van der Waals surface area (Å²) in [6, 6.07) is 5.45. The minimum Gasteiger partial charge on any atom is -0.455 e. The number of aromatic nitrogens is 4. The van der Waals surface area contributed by atoms with Gasteiger partial charge in [0.15, 0.2) is 22.7 Å². The van der Waals surface area contributed by atoms with Crippen LogP contribution in [0.4, 0.5) is 5.82 Å². The van der Waals surface area contributed by atoms with Crippen LogP contribution in [0.25, 0.3) is 16.9 Å². The Bertz CT molecular complexity index is 1040. The minimum absolute atomic E-state index is 0.0194. The van der Waals surface area contributed by atoms with Crippen LogP contribution in [0.5, 0.6) is 5.75 Å². The molecule has 1 atom stereocenters. The molecule has 0 amide bonds. The molecule has 0 spiro atoms. The van der Waals surface area contributed by atoms with Crippen LogP contribution in [0.1, 0.15) is 17.7 Å². The first-order valence-corrected chi connectivity index (χ1v) is 7.84. The molecule has 4 rings (SSSR count). The van der Waals surface area contributed by atoms with E-state index in [0.29, 0.717) is 35.5 Å². The van der Waals surface area contributed by atoms with Gasteiger partial charge in [0, 0.05) is 36.5 Å². The highest BCUT2D eigenvalue weighted by molar-refractivity contribution is 5.80. The molecular formula is C17H16N6O2. The summed E-state index contributed by atoms with van der Waals surface area (Å²) in [6.07, 6.45) is 6.57. The van der Waals surface area contributed by atoms with Gasteiger partial charge in [0.05, 0.1) is 5.69 Å². The van der Waals surface area contributed by atoms with Gasteiger partial charge < -0.3 is 21.2 Å². The first kappa shape index (κ1) is 15.3. The fourth-order valence-electron chi connectivity index (χ4n) is 2.80. The molecular weight excluding hydrogens is 320 g/mol. The normalized spacial score (nSPS) is 16.8. The van der Waals surface area contributed by atoms with E-state index in [2.05, 4.69) is 19.9 Å². The molecule has 0 aromatic carbocycles. The average Bonchev–Trinajstić information content (AvgIpc) is 2.75. The van der Waals surface area contributed by atoms with Crippen molar-refractivity contribution < 1.29 is 4.74 Å². The van der Waals surface area contributed by atoms with E-state index in [-0.39, 0.29) is 11.9 Å². The topological polar surface area (TPSA) is 133 Å². The SMILES string of the molecule is Nc1nc2c(OC3=CCC(N)Cc4ncccc43)ccnc2[nH]c1=O. The number of nitrogens with two attached hydrogens (primary N) is 2. The van der Waals surface area contributed by atoms with Crippen molar-refractivity contribution in [2.75, 3.05) is 5.73 Å². The van der Waals surface area contributed by atoms with Crippen molar-refractivity contribution >= 4 is 22.7 Å². The van der Waals surface area contributed by atoms with Gasteiger partial charge in [0.1, 0.15) is 5.76 Å². The Labute approximate surface area is 142 Å². The maximum absolute atomic E-state index is 11.6. The summed E-state index contributed by atoms with van der Waals surface area (Å²) in [7, 11) is 0. The molecule has 0 saturated carbocycles. The van der Waals surface area contributed by atoms with E-state index in [4.69, 9.17) is 16.2 Å². The van der Waals surface area contributed by atoms with E-state index >= 15 is 0 Å². The van der Waals surface area contributed by atoms with Crippen LogP contribution >= 0.6 is 0 Å². The monoisotopic (exact) mass is 336 g/mol. The Morgan fingerprint density at radius 3 is 3.00 bits per heavy atom. The average molecular weight is 336 g/mol. The molecule has 3 heterocycles. The van der Waals surface area contributed by atoms with Crippen LogP contribution in [0.3, 0.4) is 0 Å². The Hall–Kier alpha value is -3.26. The second kappa shape index (κ2) is 5.99. The van der Waals surface area contributed by atoms with Crippen LogP contribution in [0, 0.1) is 0 Å². The maximum Gasteiger partial charge on any atom is 0.292 e. The first-order valence-electron chi connectivity index (χ1n) is 7.84. The largest absolute Gasteiger partial charge is 0.455 e. The molecule has 0 saturated heterocycles. The van der Waals surface area contributed by atoms with E-state index in [1.165, 1.54) is 0 Å². The number of pyridine rings is 2. The third-order valence-electron chi connectivity index (χ3n) is 4.02. The molecule has 0 fully saturated rings. The second-order valence-corrected chi connectivity index (χ2v) is 5.83. The van der Waals surface area contributed by atoms with Crippen LogP contribution in [-0.4, -0.2) is 26.0 Å². The zero-order chi connectivity index (χ0) is 17.4. The van der Waals surface area contributed by atoms with Gasteiger partial charge in [-0.25, -0.2) is 9.97 Å². The third-order valence-corrected chi connectivity index (χ3v) is 4.02.